The fraction of sp³-hybridized carbons (Fsp3) is 0.0769. The number of carboxylic acids is 1. The van der Waals surface area contributed by atoms with Crippen molar-refractivity contribution >= 4 is 21.9 Å². The van der Waals surface area contributed by atoms with E-state index in [-0.39, 0.29) is 17.8 Å². The van der Waals surface area contributed by atoms with Gasteiger partial charge >= 0.3 is 5.97 Å². The van der Waals surface area contributed by atoms with Crippen molar-refractivity contribution in [3.63, 3.8) is 0 Å². The third-order valence-electron chi connectivity index (χ3n) is 2.50. The average molecular weight is 308 g/mol. The van der Waals surface area contributed by atoms with Gasteiger partial charge in [0, 0.05) is 10.5 Å². The van der Waals surface area contributed by atoms with Crippen LogP contribution in [0.25, 0.3) is 0 Å². The maximum atomic E-state index is 11.7. The van der Waals surface area contributed by atoms with Crippen LogP contribution in [0, 0.1) is 0 Å². The first-order valence-electron chi connectivity index (χ1n) is 5.25. The molecule has 92 valence electrons. The van der Waals surface area contributed by atoms with Gasteiger partial charge in [-0.3, -0.25) is 9.36 Å². The molecule has 4 nitrogen and oxygen atoms in total. The van der Waals surface area contributed by atoms with E-state index >= 15 is 0 Å². The lowest BCUT2D eigenvalue weighted by Gasteiger charge is -2.09. The van der Waals surface area contributed by atoms with E-state index in [4.69, 9.17) is 5.11 Å². The van der Waals surface area contributed by atoms with Crippen LogP contribution in [0.1, 0.15) is 16.1 Å². The van der Waals surface area contributed by atoms with E-state index in [0.717, 1.165) is 10.0 Å². The van der Waals surface area contributed by atoms with Gasteiger partial charge in [-0.05, 0) is 23.8 Å². The molecule has 0 saturated carbocycles. The molecule has 0 saturated heterocycles. The predicted octanol–water partition coefficient (Wildman–Crippen LogP) is 2.36. The first-order chi connectivity index (χ1) is 8.58. The highest BCUT2D eigenvalue weighted by molar-refractivity contribution is 9.10. The number of aromatic nitrogens is 1. The highest BCUT2D eigenvalue weighted by Crippen LogP contribution is 2.12. The van der Waals surface area contributed by atoms with Crippen molar-refractivity contribution in [2.75, 3.05) is 0 Å². The molecule has 0 fully saturated rings. The Morgan fingerprint density at radius 3 is 2.61 bits per heavy atom. The molecule has 1 N–H and O–H groups in total. The SMILES string of the molecule is O=C(O)c1cccc(=O)n1Cc1cccc(Br)c1. The summed E-state index contributed by atoms with van der Waals surface area (Å²) in [5.74, 6) is -1.11. The Labute approximate surface area is 112 Å². The number of hydrogen-bond donors (Lipinski definition) is 1. The van der Waals surface area contributed by atoms with Gasteiger partial charge in [0.25, 0.3) is 5.56 Å². The van der Waals surface area contributed by atoms with Gasteiger partial charge in [-0.2, -0.15) is 0 Å². The summed E-state index contributed by atoms with van der Waals surface area (Å²) in [5, 5.41) is 9.05. The Hall–Kier alpha value is -1.88. The number of halogens is 1. The lowest BCUT2D eigenvalue weighted by molar-refractivity contribution is 0.0684. The second kappa shape index (κ2) is 5.18. The number of hydrogen-bond acceptors (Lipinski definition) is 2. The van der Waals surface area contributed by atoms with Crippen LogP contribution in [0.4, 0.5) is 0 Å². The number of benzene rings is 1. The van der Waals surface area contributed by atoms with Crippen LogP contribution in [-0.4, -0.2) is 15.6 Å². The van der Waals surface area contributed by atoms with E-state index in [1.165, 1.54) is 22.8 Å². The maximum absolute atomic E-state index is 11.7. The van der Waals surface area contributed by atoms with Gasteiger partial charge in [0.2, 0.25) is 0 Å². The molecular weight excluding hydrogens is 298 g/mol. The van der Waals surface area contributed by atoms with Crippen molar-refractivity contribution in [3.05, 3.63) is 68.5 Å². The monoisotopic (exact) mass is 307 g/mol. The summed E-state index contributed by atoms with van der Waals surface area (Å²) in [7, 11) is 0. The first kappa shape index (κ1) is 12.6. The van der Waals surface area contributed by atoms with Gasteiger partial charge in [-0.1, -0.05) is 34.1 Å². The molecule has 1 heterocycles. The van der Waals surface area contributed by atoms with Gasteiger partial charge < -0.3 is 5.11 Å². The Kier molecular flexibility index (Phi) is 3.62. The Bertz CT molecular complexity index is 649. The molecule has 0 amide bonds. The number of aromatic carboxylic acids is 1. The van der Waals surface area contributed by atoms with Gasteiger partial charge in [0.05, 0.1) is 6.54 Å². The van der Waals surface area contributed by atoms with Crippen molar-refractivity contribution < 1.29 is 9.90 Å². The summed E-state index contributed by atoms with van der Waals surface area (Å²) >= 11 is 3.34. The number of rotatable bonds is 3. The first-order valence-corrected chi connectivity index (χ1v) is 6.05. The highest BCUT2D eigenvalue weighted by Gasteiger charge is 2.10. The fourth-order valence-electron chi connectivity index (χ4n) is 1.69. The molecule has 0 radical (unpaired) electrons. The second-order valence-corrected chi connectivity index (χ2v) is 4.69. The molecule has 18 heavy (non-hydrogen) atoms. The summed E-state index contributed by atoms with van der Waals surface area (Å²) in [4.78, 5) is 22.8. The third-order valence-corrected chi connectivity index (χ3v) is 2.99. The molecule has 0 bridgehead atoms. The third kappa shape index (κ3) is 2.68. The van der Waals surface area contributed by atoms with Crippen molar-refractivity contribution in [1.29, 1.82) is 0 Å². The molecular formula is C13H10BrNO3. The standard InChI is InChI=1S/C13H10BrNO3/c14-10-4-1-3-9(7-10)8-15-11(13(17)18)5-2-6-12(15)16/h1-7H,8H2,(H,17,18). The van der Waals surface area contributed by atoms with Gasteiger partial charge in [0.15, 0.2) is 0 Å². The molecule has 1 aromatic carbocycles. The number of carbonyl (C=O) groups is 1. The van der Waals surface area contributed by atoms with Crippen LogP contribution >= 0.6 is 15.9 Å². The number of nitrogens with zero attached hydrogens (tertiary/aromatic N) is 1. The molecule has 2 aromatic rings. The second-order valence-electron chi connectivity index (χ2n) is 3.77. The number of pyridine rings is 1. The summed E-state index contributed by atoms with van der Waals surface area (Å²) < 4.78 is 2.13. The molecule has 2 rings (SSSR count). The molecule has 5 heteroatoms. The minimum Gasteiger partial charge on any atom is -0.477 e. The van der Waals surface area contributed by atoms with E-state index in [1.54, 1.807) is 0 Å². The van der Waals surface area contributed by atoms with Crippen LogP contribution < -0.4 is 5.56 Å². The van der Waals surface area contributed by atoms with Gasteiger partial charge in [-0.15, -0.1) is 0 Å². The van der Waals surface area contributed by atoms with E-state index in [0.29, 0.717) is 0 Å². The van der Waals surface area contributed by atoms with Crippen molar-refractivity contribution in [1.82, 2.24) is 4.57 Å². The molecule has 0 unspecified atom stereocenters. The smallest absolute Gasteiger partial charge is 0.352 e. The van der Waals surface area contributed by atoms with Crippen LogP contribution in [0.2, 0.25) is 0 Å². The number of carboxylic acid groups (broad SMARTS) is 1. The molecule has 0 aliphatic heterocycles. The fourth-order valence-corrected chi connectivity index (χ4v) is 2.13. The summed E-state index contributed by atoms with van der Waals surface area (Å²) in [6, 6.07) is 11.6. The van der Waals surface area contributed by atoms with E-state index in [9.17, 15) is 9.59 Å². The molecule has 1 aromatic heterocycles. The molecule has 0 spiro atoms. The zero-order valence-electron chi connectivity index (χ0n) is 9.34. The van der Waals surface area contributed by atoms with Crippen LogP contribution in [0.5, 0.6) is 0 Å². The van der Waals surface area contributed by atoms with E-state index in [2.05, 4.69) is 15.9 Å². The van der Waals surface area contributed by atoms with Crippen LogP contribution in [-0.2, 0) is 6.54 Å². The highest BCUT2D eigenvalue weighted by atomic mass is 79.9. The molecule has 0 aliphatic carbocycles. The topological polar surface area (TPSA) is 59.3 Å². The summed E-state index contributed by atoms with van der Waals surface area (Å²) in [6.07, 6.45) is 0. The normalized spacial score (nSPS) is 10.3. The van der Waals surface area contributed by atoms with Crippen molar-refractivity contribution in [3.8, 4) is 0 Å². The van der Waals surface area contributed by atoms with Gasteiger partial charge in [0.1, 0.15) is 5.69 Å². The van der Waals surface area contributed by atoms with Gasteiger partial charge in [-0.25, -0.2) is 4.79 Å². The quantitative estimate of drug-likeness (QED) is 0.947. The maximum Gasteiger partial charge on any atom is 0.352 e. The van der Waals surface area contributed by atoms with E-state index in [1.807, 2.05) is 24.3 Å². The Balaban J connectivity index is 2.46. The molecule has 0 atom stereocenters. The lowest BCUT2D eigenvalue weighted by Crippen LogP contribution is -2.25. The summed E-state index contributed by atoms with van der Waals surface area (Å²) in [6.45, 7) is 0.237. The minimum absolute atomic E-state index is 0.0116. The largest absolute Gasteiger partial charge is 0.477 e. The average Bonchev–Trinajstić information content (AvgIpc) is 2.31. The van der Waals surface area contributed by atoms with E-state index < -0.39 is 5.97 Å². The van der Waals surface area contributed by atoms with Crippen molar-refractivity contribution in [2.45, 2.75) is 6.54 Å². The zero-order valence-corrected chi connectivity index (χ0v) is 10.9. The zero-order chi connectivity index (χ0) is 13.1. The Morgan fingerprint density at radius 2 is 1.94 bits per heavy atom. The lowest BCUT2D eigenvalue weighted by atomic mass is 10.2. The summed E-state index contributed by atoms with van der Waals surface area (Å²) in [5.41, 5.74) is 0.525. The van der Waals surface area contributed by atoms with Crippen molar-refractivity contribution in [2.24, 2.45) is 0 Å². The van der Waals surface area contributed by atoms with Crippen LogP contribution in [0.3, 0.4) is 0 Å². The van der Waals surface area contributed by atoms with Crippen LogP contribution in [0.15, 0.2) is 51.7 Å². The molecule has 0 aliphatic rings. The predicted molar refractivity (Wildman–Crippen MR) is 70.9 cm³/mol. The Morgan fingerprint density at radius 1 is 1.22 bits per heavy atom. The minimum atomic E-state index is -1.11.